The first-order valence-electron chi connectivity index (χ1n) is 5.01. The van der Waals surface area contributed by atoms with Crippen LogP contribution in [0.1, 0.15) is 18.5 Å². The van der Waals surface area contributed by atoms with Gasteiger partial charge in [0.05, 0.1) is 13.7 Å². The van der Waals surface area contributed by atoms with Gasteiger partial charge in [-0.2, -0.15) is 0 Å². The van der Waals surface area contributed by atoms with Crippen molar-refractivity contribution < 1.29 is 9.94 Å². The van der Waals surface area contributed by atoms with Crippen LogP contribution in [0.2, 0.25) is 0 Å². The Kier molecular flexibility index (Phi) is 4.60. The van der Waals surface area contributed by atoms with E-state index in [0.717, 1.165) is 11.3 Å². The molecule has 4 N–H and O–H groups in total. The Morgan fingerprint density at radius 3 is 2.62 bits per heavy atom. The quantitative estimate of drug-likeness (QED) is 0.302. The zero-order valence-corrected chi connectivity index (χ0v) is 9.47. The SMILES string of the molecule is COc1ccc([C@@H](C)NC/C(N)=N/O)cc1. The third-order valence-electron chi connectivity index (χ3n) is 2.33. The maximum Gasteiger partial charge on any atom is 0.153 e. The van der Waals surface area contributed by atoms with Crippen molar-refractivity contribution >= 4 is 5.84 Å². The second-order valence-corrected chi connectivity index (χ2v) is 3.47. The molecule has 0 heterocycles. The zero-order valence-electron chi connectivity index (χ0n) is 9.47. The summed E-state index contributed by atoms with van der Waals surface area (Å²) < 4.78 is 5.07. The van der Waals surface area contributed by atoms with Gasteiger partial charge in [-0.15, -0.1) is 0 Å². The topological polar surface area (TPSA) is 79.9 Å². The molecule has 0 fully saturated rings. The summed E-state index contributed by atoms with van der Waals surface area (Å²) in [4.78, 5) is 0. The Morgan fingerprint density at radius 2 is 2.12 bits per heavy atom. The minimum atomic E-state index is 0.131. The van der Waals surface area contributed by atoms with Gasteiger partial charge in [0.1, 0.15) is 5.75 Å². The molecule has 5 nitrogen and oxygen atoms in total. The highest BCUT2D eigenvalue weighted by atomic mass is 16.5. The molecular formula is C11H17N3O2. The van der Waals surface area contributed by atoms with Crippen LogP contribution in [-0.2, 0) is 0 Å². The smallest absolute Gasteiger partial charge is 0.153 e. The van der Waals surface area contributed by atoms with Gasteiger partial charge in [-0.3, -0.25) is 0 Å². The Balaban J connectivity index is 2.55. The molecule has 0 saturated carbocycles. The summed E-state index contributed by atoms with van der Waals surface area (Å²) in [6, 6.07) is 7.88. The first kappa shape index (κ1) is 12.3. The van der Waals surface area contributed by atoms with Gasteiger partial charge in [-0.05, 0) is 24.6 Å². The van der Waals surface area contributed by atoms with E-state index in [9.17, 15) is 0 Å². The summed E-state index contributed by atoms with van der Waals surface area (Å²) in [6.07, 6.45) is 0. The molecule has 0 aliphatic rings. The van der Waals surface area contributed by atoms with Crippen LogP contribution in [0.4, 0.5) is 0 Å². The van der Waals surface area contributed by atoms with Crippen LogP contribution in [0.15, 0.2) is 29.4 Å². The number of amidine groups is 1. The van der Waals surface area contributed by atoms with Crippen LogP contribution in [0.3, 0.4) is 0 Å². The van der Waals surface area contributed by atoms with Gasteiger partial charge in [-0.1, -0.05) is 17.3 Å². The van der Waals surface area contributed by atoms with Gasteiger partial charge < -0.3 is 21.0 Å². The second-order valence-electron chi connectivity index (χ2n) is 3.47. The lowest BCUT2D eigenvalue weighted by Gasteiger charge is -2.13. The molecule has 1 atom stereocenters. The molecule has 0 aliphatic heterocycles. The highest BCUT2D eigenvalue weighted by molar-refractivity contribution is 5.81. The van der Waals surface area contributed by atoms with Gasteiger partial charge in [-0.25, -0.2) is 0 Å². The third-order valence-corrected chi connectivity index (χ3v) is 2.33. The van der Waals surface area contributed by atoms with Crippen LogP contribution in [-0.4, -0.2) is 24.7 Å². The van der Waals surface area contributed by atoms with E-state index in [1.54, 1.807) is 7.11 Å². The van der Waals surface area contributed by atoms with Crippen LogP contribution >= 0.6 is 0 Å². The zero-order chi connectivity index (χ0) is 12.0. The minimum Gasteiger partial charge on any atom is -0.497 e. The van der Waals surface area contributed by atoms with Crippen molar-refractivity contribution in [3.63, 3.8) is 0 Å². The number of nitrogens with two attached hydrogens (primary N) is 1. The number of hydrogen-bond donors (Lipinski definition) is 3. The maximum atomic E-state index is 8.39. The van der Waals surface area contributed by atoms with E-state index in [1.165, 1.54) is 0 Å². The third kappa shape index (κ3) is 3.43. The van der Waals surface area contributed by atoms with Crippen molar-refractivity contribution in [3.8, 4) is 5.75 Å². The van der Waals surface area contributed by atoms with E-state index in [2.05, 4.69) is 10.5 Å². The van der Waals surface area contributed by atoms with Crippen molar-refractivity contribution in [2.75, 3.05) is 13.7 Å². The summed E-state index contributed by atoms with van der Waals surface area (Å²) in [5.41, 5.74) is 6.48. The molecule has 0 aromatic heterocycles. The summed E-state index contributed by atoms with van der Waals surface area (Å²) in [7, 11) is 1.63. The molecule has 0 radical (unpaired) electrons. The molecule has 0 unspecified atom stereocenters. The lowest BCUT2D eigenvalue weighted by Crippen LogP contribution is -2.30. The number of oxime groups is 1. The van der Waals surface area contributed by atoms with E-state index in [1.807, 2.05) is 31.2 Å². The van der Waals surface area contributed by atoms with Crippen LogP contribution in [0.5, 0.6) is 5.75 Å². The number of benzene rings is 1. The molecular weight excluding hydrogens is 206 g/mol. The molecule has 0 bridgehead atoms. The van der Waals surface area contributed by atoms with E-state index in [4.69, 9.17) is 15.7 Å². The molecule has 1 aromatic carbocycles. The first-order chi connectivity index (χ1) is 7.67. The molecule has 0 amide bonds. The molecule has 0 saturated heterocycles. The predicted octanol–water partition coefficient (Wildman–Crippen LogP) is 1.09. The van der Waals surface area contributed by atoms with Gasteiger partial charge in [0, 0.05) is 6.04 Å². The molecule has 88 valence electrons. The Morgan fingerprint density at radius 1 is 1.50 bits per heavy atom. The lowest BCUT2D eigenvalue weighted by molar-refractivity contribution is 0.316. The molecule has 5 heteroatoms. The van der Waals surface area contributed by atoms with Gasteiger partial charge >= 0.3 is 0 Å². The monoisotopic (exact) mass is 223 g/mol. The fraction of sp³-hybridized carbons (Fsp3) is 0.364. The normalized spacial score (nSPS) is 13.5. The fourth-order valence-electron chi connectivity index (χ4n) is 1.30. The number of ether oxygens (including phenoxy) is 1. The minimum absolute atomic E-state index is 0.131. The molecule has 1 aromatic rings. The van der Waals surface area contributed by atoms with Crippen molar-refractivity contribution in [1.29, 1.82) is 0 Å². The number of nitrogens with zero attached hydrogens (tertiary/aromatic N) is 1. The van der Waals surface area contributed by atoms with Gasteiger partial charge in [0.25, 0.3) is 0 Å². The largest absolute Gasteiger partial charge is 0.497 e. The Hall–Kier alpha value is -1.75. The predicted molar refractivity (Wildman–Crippen MR) is 62.8 cm³/mol. The van der Waals surface area contributed by atoms with Crippen molar-refractivity contribution in [2.24, 2.45) is 10.9 Å². The van der Waals surface area contributed by atoms with Crippen LogP contribution in [0.25, 0.3) is 0 Å². The maximum absolute atomic E-state index is 8.39. The fourth-order valence-corrected chi connectivity index (χ4v) is 1.30. The van der Waals surface area contributed by atoms with Crippen LogP contribution in [0, 0.1) is 0 Å². The number of nitrogens with one attached hydrogen (secondary N) is 1. The lowest BCUT2D eigenvalue weighted by atomic mass is 10.1. The van der Waals surface area contributed by atoms with Gasteiger partial charge in [0.15, 0.2) is 5.84 Å². The Labute approximate surface area is 94.9 Å². The standard InChI is InChI=1S/C11H17N3O2/c1-8(13-7-11(12)14-15)9-3-5-10(16-2)6-4-9/h3-6,8,13,15H,7H2,1-2H3,(H2,12,14)/t8-/m1/s1. The average Bonchev–Trinajstić information content (AvgIpc) is 2.35. The molecule has 0 aliphatic carbocycles. The van der Waals surface area contributed by atoms with Crippen LogP contribution < -0.4 is 15.8 Å². The first-order valence-corrected chi connectivity index (χ1v) is 5.01. The van der Waals surface area contributed by atoms with Crippen molar-refractivity contribution in [1.82, 2.24) is 5.32 Å². The van der Waals surface area contributed by atoms with Crippen molar-refractivity contribution in [2.45, 2.75) is 13.0 Å². The van der Waals surface area contributed by atoms with E-state index in [-0.39, 0.29) is 11.9 Å². The van der Waals surface area contributed by atoms with E-state index in [0.29, 0.717) is 6.54 Å². The summed E-state index contributed by atoms with van der Waals surface area (Å²) in [6.45, 7) is 2.36. The van der Waals surface area contributed by atoms with E-state index >= 15 is 0 Å². The molecule has 0 spiro atoms. The molecule has 1 rings (SSSR count). The molecule has 16 heavy (non-hydrogen) atoms. The highest BCUT2D eigenvalue weighted by Crippen LogP contribution is 2.16. The number of rotatable bonds is 5. The summed E-state index contributed by atoms with van der Waals surface area (Å²) >= 11 is 0. The Bertz CT molecular complexity index is 349. The highest BCUT2D eigenvalue weighted by Gasteiger charge is 2.05. The van der Waals surface area contributed by atoms with Crippen molar-refractivity contribution in [3.05, 3.63) is 29.8 Å². The number of hydrogen-bond acceptors (Lipinski definition) is 4. The number of methoxy groups -OCH3 is 1. The van der Waals surface area contributed by atoms with E-state index < -0.39 is 0 Å². The second kappa shape index (κ2) is 5.97. The van der Waals surface area contributed by atoms with Gasteiger partial charge in [0.2, 0.25) is 0 Å². The summed E-state index contributed by atoms with van der Waals surface area (Å²) in [5.74, 6) is 0.993. The average molecular weight is 223 g/mol. The summed E-state index contributed by atoms with van der Waals surface area (Å²) in [5, 5.41) is 14.4.